The minimum Gasteiger partial charge on any atom is -0.465 e. The molecule has 3 rings (SSSR count). The summed E-state index contributed by atoms with van der Waals surface area (Å²) in [6, 6.07) is 0. The molecule has 0 aliphatic carbocycles. The largest absolute Gasteiger partial charge is 0.465 e. The number of hydrogen-bond donors (Lipinski definition) is 0. The number of amides is 1. The number of fused-ring (bicyclic) bond motifs is 1. The summed E-state index contributed by atoms with van der Waals surface area (Å²) in [6.45, 7) is 8.30. The fourth-order valence-corrected chi connectivity index (χ4v) is 4.23. The number of unbranched alkanes of at least 4 members (excludes halogenated alkanes) is 2. The van der Waals surface area contributed by atoms with E-state index in [-0.39, 0.29) is 24.1 Å². The first kappa shape index (κ1) is 19.4. The Labute approximate surface area is 155 Å². The van der Waals surface area contributed by atoms with E-state index in [2.05, 4.69) is 6.92 Å². The Morgan fingerprint density at radius 1 is 1.35 bits per heavy atom. The predicted molar refractivity (Wildman–Crippen MR) is 96.5 cm³/mol. The maximum atomic E-state index is 13.0. The minimum absolute atomic E-state index is 0.0110. The highest BCUT2D eigenvalue weighted by molar-refractivity contribution is 5.91. The van der Waals surface area contributed by atoms with Gasteiger partial charge in [0.05, 0.1) is 31.3 Å². The SMILES string of the molecule is CCCCCOC(=O)[C@H]1[C@@H]2C=C[C@]3(CN(CCCOC(C)C)C(=O)[C@H]13)O2. The Balaban J connectivity index is 1.59. The van der Waals surface area contributed by atoms with Gasteiger partial charge in [-0.3, -0.25) is 9.59 Å². The first-order chi connectivity index (χ1) is 12.5. The third-order valence-electron chi connectivity index (χ3n) is 5.47. The van der Waals surface area contributed by atoms with E-state index in [0.717, 1.165) is 25.7 Å². The summed E-state index contributed by atoms with van der Waals surface area (Å²) >= 11 is 0. The van der Waals surface area contributed by atoms with Crippen LogP contribution in [0.25, 0.3) is 0 Å². The number of carbonyl (C=O) groups is 2. The van der Waals surface area contributed by atoms with Crippen LogP contribution in [0.3, 0.4) is 0 Å². The molecular formula is C20H31NO5. The van der Waals surface area contributed by atoms with Gasteiger partial charge >= 0.3 is 5.97 Å². The number of nitrogens with zero attached hydrogens (tertiary/aromatic N) is 1. The van der Waals surface area contributed by atoms with Crippen molar-refractivity contribution in [3.63, 3.8) is 0 Å². The van der Waals surface area contributed by atoms with Crippen molar-refractivity contribution in [3.05, 3.63) is 12.2 Å². The molecule has 0 aromatic heterocycles. The summed E-state index contributed by atoms with van der Waals surface area (Å²) in [6.07, 6.45) is 7.53. The topological polar surface area (TPSA) is 65.1 Å². The number of esters is 1. The van der Waals surface area contributed by atoms with E-state index in [1.165, 1.54) is 0 Å². The van der Waals surface area contributed by atoms with Crippen molar-refractivity contribution in [1.82, 2.24) is 4.90 Å². The van der Waals surface area contributed by atoms with E-state index in [9.17, 15) is 9.59 Å². The van der Waals surface area contributed by atoms with Crippen molar-refractivity contribution in [1.29, 1.82) is 0 Å². The molecule has 2 bridgehead atoms. The maximum Gasteiger partial charge on any atom is 0.312 e. The van der Waals surface area contributed by atoms with Gasteiger partial charge in [-0.1, -0.05) is 31.9 Å². The molecule has 0 N–H and O–H groups in total. The third kappa shape index (κ3) is 3.67. The first-order valence-electron chi connectivity index (χ1n) is 9.92. The zero-order chi connectivity index (χ0) is 18.7. The molecule has 3 heterocycles. The molecule has 6 nitrogen and oxygen atoms in total. The second kappa shape index (κ2) is 8.09. The smallest absolute Gasteiger partial charge is 0.312 e. The molecule has 4 atom stereocenters. The number of carbonyl (C=O) groups excluding carboxylic acids is 2. The van der Waals surface area contributed by atoms with Crippen molar-refractivity contribution in [2.45, 2.75) is 64.3 Å². The minimum atomic E-state index is -0.645. The molecular weight excluding hydrogens is 334 g/mol. The molecule has 1 amide bonds. The van der Waals surface area contributed by atoms with Crippen molar-refractivity contribution in [3.8, 4) is 0 Å². The summed E-state index contributed by atoms with van der Waals surface area (Å²) in [5, 5.41) is 0. The van der Waals surface area contributed by atoms with E-state index in [1.54, 1.807) is 0 Å². The van der Waals surface area contributed by atoms with Crippen LogP contribution in [0.1, 0.15) is 46.5 Å². The standard InChI is InChI=1S/C20H31NO5/c1-4-5-6-11-25-19(23)16-15-8-9-20(26-15)13-21(18(22)17(16)20)10-7-12-24-14(2)3/h8-9,14-17H,4-7,10-13H2,1-3H3/t15-,16-,17-,20+/m0/s1. The highest BCUT2D eigenvalue weighted by Gasteiger charge is 2.67. The highest BCUT2D eigenvalue weighted by Crippen LogP contribution is 2.52. The summed E-state index contributed by atoms with van der Waals surface area (Å²) in [5.74, 6) is -1.23. The Morgan fingerprint density at radius 3 is 2.88 bits per heavy atom. The van der Waals surface area contributed by atoms with Gasteiger partial charge in [0.15, 0.2) is 0 Å². The molecule has 0 saturated carbocycles. The van der Waals surface area contributed by atoms with Crippen molar-refractivity contribution >= 4 is 11.9 Å². The van der Waals surface area contributed by atoms with Crippen LogP contribution in [0.2, 0.25) is 0 Å². The second-order valence-electron chi connectivity index (χ2n) is 7.81. The monoisotopic (exact) mass is 365 g/mol. The van der Waals surface area contributed by atoms with Gasteiger partial charge in [-0.15, -0.1) is 0 Å². The molecule has 0 radical (unpaired) electrons. The first-order valence-corrected chi connectivity index (χ1v) is 9.92. The number of hydrogen-bond acceptors (Lipinski definition) is 5. The van der Waals surface area contributed by atoms with E-state index in [4.69, 9.17) is 14.2 Å². The van der Waals surface area contributed by atoms with E-state index in [0.29, 0.717) is 26.3 Å². The lowest BCUT2D eigenvalue weighted by atomic mass is 9.77. The Morgan fingerprint density at radius 2 is 2.15 bits per heavy atom. The quantitative estimate of drug-likeness (QED) is 0.338. The summed E-state index contributed by atoms with van der Waals surface area (Å²) < 4.78 is 17.1. The normalized spacial score (nSPS) is 31.9. The summed E-state index contributed by atoms with van der Waals surface area (Å²) in [4.78, 5) is 27.4. The van der Waals surface area contributed by atoms with Crippen LogP contribution in [-0.2, 0) is 23.8 Å². The van der Waals surface area contributed by atoms with Crippen LogP contribution in [0.15, 0.2) is 12.2 Å². The van der Waals surface area contributed by atoms with E-state index >= 15 is 0 Å². The zero-order valence-electron chi connectivity index (χ0n) is 16.1. The molecule has 0 aromatic rings. The lowest BCUT2D eigenvalue weighted by molar-refractivity contribution is -0.154. The van der Waals surface area contributed by atoms with Crippen LogP contribution >= 0.6 is 0 Å². The molecule has 3 aliphatic heterocycles. The lowest BCUT2D eigenvalue weighted by Crippen LogP contribution is -2.40. The average molecular weight is 365 g/mol. The van der Waals surface area contributed by atoms with Crippen LogP contribution in [0.4, 0.5) is 0 Å². The number of rotatable bonds is 10. The van der Waals surface area contributed by atoms with Crippen LogP contribution in [0.5, 0.6) is 0 Å². The summed E-state index contributed by atoms with van der Waals surface area (Å²) in [5.41, 5.74) is -0.645. The third-order valence-corrected chi connectivity index (χ3v) is 5.47. The van der Waals surface area contributed by atoms with Gasteiger partial charge in [-0.2, -0.15) is 0 Å². The second-order valence-corrected chi connectivity index (χ2v) is 7.81. The van der Waals surface area contributed by atoms with Crippen molar-refractivity contribution in [2.75, 3.05) is 26.3 Å². The van der Waals surface area contributed by atoms with Gasteiger partial charge in [0.1, 0.15) is 11.5 Å². The maximum absolute atomic E-state index is 13.0. The average Bonchev–Trinajstić information content (AvgIpc) is 3.24. The van der Waals surface area contributed by atoms with Crippen molar-refractivity contribution in [2.24, 2.45) is 11.8 Å². The number of ether oxygens (including phenoxy) is 3. The Hall–Kier alpha value is -1.40. The van der Waals surface area contributed by atoms with Crippen molar-refractivity contribution < 1.29 is 23.8 Å². The van der Waals surface area contributed by atoms with Gasteiger partial charge < -0.3 is 19.1 Å². The Bertz CT molecular complexity index is 560. The van der Waals surface area contributed by atoms with E-state index in [1.807, 2.05) is 30.9 Å². The van der Waals surface area contributed by atoms with Gasteiger partial charge in [-0.05, 0) is 26.7 Å². The molecule has 146 valence electrons. The van der Waals surface area contributed by atoms with E-state index < -0.39 is 17.4 Å². The molecule has 26 heavy (non-hydrogen) atoms. The molecule has 1 spiro atoms. The van der Waals surface area contributed by atoms with Crippen LogP contribution in [-0.4, -0.2) is 60.9 Å². The van der Waals surface area contributed by atoms with Gasteiger partial charge in [0, 0.05) is 13.2 Å². The van der Waals surface area contributed by atoms with Gasteiger partial charge in [-0.25, -0.2) is 0 Å². The molecule has 2 saturated heterocycles. The van der Waals surface area contributed by atoms with Gasteiger partial charge in [0.25, 0.3) is 0 Å². The molecule has 3 aliphatic rings. The number of likely N-dealkylation sites (tertiary alicyclic amines) is 1. The predicted octanol–water partition coefficient (Wildman–Crippen LogP) is 2.32. The van der Waals surface area contributed by atoms with Crippen LogP contribution in [0, 0.1) is 11.8 Å². The van der Waals surface area contributed by atoms with Gasteiger partial charge in [0.2, 0.25) is 5.91 Å². The zero-order valence-corrected chi connectivity index (χ0v) is 16.1. The fraction of sp³-hybridized carbons (Fsp3) is 0.800. The Kier molecular flexibility index (Phi) is 6.03. The highest BCUT2D eigenvalue weighted by atomic mass is 16.6. The summed E-state index contributed by atoms with van der Waals surface area (Å²) in [7, 11) is 0. The molecule has 0 aromatic carbocycles. The molecule has 6 heteroatoms. The van der Waals surface area contributed by atoms with Crippen LogP contribution < -0.4 is 0 Å². The fourth-order valence-electron chi connectivity index (χ4n) is 4.23. The molecule has 2 fully saturated rings. The lowest BCUT2D eigenvalue weighted by Gasteiger charge is -2.22. The molecule has 0 unspecified atom stereocenters.